The first-order valence-electron chi connectivity index (χ1n) is 6.03. The molecule has 0 saturated carbocycles. The second-order valence-electron chi connectivity index (χ2n) is 6.46. The van der Waals surface area contributed by atoms with Gasteiger partial charge in [-0.25, -0.2) is 0 Å². The third kappa shape index (κ3) is 1.88. The first-order chi connectivity index (χ1) is 7.56. The van der Waals surface area contributed by atoms with Gasteiger partial charge < -0.3 is 10.3 Å². The van der Waals surface area contributed by atoms with E-state index in [1.54, 1.807) is 0 Å². The van der Waals surface area contributed by atoms with E-state index >= 15 is 0 Å². The topological polar surface area (TPSA) is 43.1 Å². The normalized spacial score (nSPS) is 26.9. The van der Waals surface area contributed by atoms with Crippen LogP contribution in [0.4, 0.5) is 0 Å². The first-order valence-corrected chi connectivity index (χ1v) is 8.64. The van der Waals surface area contributed by atoms with Gasteiger partial charge in [0.2, 0.25) is 0 Å². The maximum absolute atomic E-state index is 12.1. The van der Waals surface area contributed by atoms with E-state index < -0.39 is 7.14 Å². The predicted molar refractivity (Wildman–Crippen MR) is 74.6 cm³/mol. The highest BCUT2D eigenvalue weighted by atomic mass is 31.2. The zero-order chi connectivity index (χ0) is 13.1. The fourth-order valence-electron chi connectivity index (χ4n) is 2.56. The lowest BCUT2D eigenvalue weighted by Crippen LogP contribution is -2.44. The minimum absolute atomic E-state index is 0.0550. The molecule has 2 nitrogen and oxygen atoms in total. The van der Waals surface area contributed by atoms with Crippen LogP contribution in [0.1, 0.15) is 31.9 Å². The van der Waals surface area contributed by atoms with Crippen LogP contribution in [0.2, 0.25) is 0 Å². The van der Waals surface area contributed by atoms with Gasteiger partial charge in [-0.05, 0) is 49.3 Å². The monoisotopic (exact) mass is 251 g/mol. The Morgan fingerprint density at radius 3 is 2.35 bits per heavy atom. The summed E-state index contributed by atoms with van der Waals surface area (Å²) in [6, 6.07) is 6.16. The molecule has 1 aromatic rings. The first kappa shape index (κ1) is 12.9. The number of fused-ring (bicyclic) bond motifs is 1. The summed E-state index contributed by atoms with van der Waals surface area (Å²) in [5.41, 5.74) is 8.68. The molecule has 0 fully saturated rings. The smallest absolute Gasteiger partial charge is 0.109 e. The molecule has 0 radical (unpaired) electrons. The molecule has 2 rings (SSSR count). The van der Waals surface area contributed by atoms with Gasteiger partial charge in [0, 0.05) is 10.8 Å². The van der Waals surface area contributed by atoms with Gasteiger partial charge in [-0.3, -0.25) is 0 Å². The molecule has 1 aliphatic rings. The number of hydrogen-bond donors (Lipinski definition) is 1. The Morgan fingerprint density at radius 1 is 1.24 bits per heavy atom. The van der Waals surface area contributed by atoms with E-state index in [2.05, 4.69) is 32.9 Å². The average molecular weight is 251 g/mol. The Labute approximate surface area is 104 Å². The highest BCUT2D eigenvalue weighted by molar-refractivity contribution is 7.70. The quantitative estimate of drug-likeness (QED) is 0.780. The molecule has 1 aliphatic carbocycles. The van der Waals surface area contributed by atoms with Crippen molar-refractivity contribution in [3.05, 3.63) is 29.3 Å². The lowest BCUT2D eigenvalue weighted by atomic mass is 9.75. The van der Waals surface area contributed by atoms with Gasteiger partial charge in [0.05, 0.1) is 0 Å². The van der Waals surface area contributed by atoms with E-state index in [1.165, 1.54) is 11.1 Å². The van der Waals surface area contributed by atoms with Crippen LogP contribution in [-0.4, -0.2) is 13.3 Å². The molecule has 0 aromatic heterocycles. The molecular formula is C14H22NOP. The highest BCUT2D eigenvalue weighted by Gasteiger charge is 2.46. The van der Waals surface area contributed by atoms with Crippen molar-refractivity contribution in [3.63, 3.8) is 0 Å². The van der Waals surface area contributed by atoms with Crippen molar-refractivity contribution >= 4 is 12.4 Å². The molecule has 0 aliphatic heterocycles. The summed E-state index contributed by atoms with van der Waals surface area (Å²) in [4.78, 5) is 0. The summed E-state index contributed by atoms with van der Waals surface area (Å²) in [7, 11) is -2.20. The Kier molecular flexibility index (Phi) is 2.62. The van der Waals surface area contributed by atoms with Gasteiger partial charge in [-0.2, -0.15) is 0 Å². The van der Waals surface area contributed by atoms with Crippen molar-refractivity contribution in [2.75, 3.05) is 13.3 Å². The van der Waals surface area contributed by atoms with E-state index in [-0.39, 0.29) is 11.0 Å². The Bertz CT molecular complexity index is 511. The maximum Gasteiger partial charge on any atom is 0.109 e. The molecule has 94 valence electrons. The number of hydrogen-bond acceptors (Lipinski definition) is 2. The zero-order valence-corrected chi connectivity index (χ0v) is 12.3. The Balaban J connectivity index is 2.61. The van der Waals surface area contributed by atoms with Crippen LogP contribution in [0.15, 0.2) is 18.2 Å². The van der Waals surface area contributed by atoms with Crippen molar-refractivity contribution in [3.8, 4) is 0 Å². The van der Waals surface area contributed by atoms with Crippen LogP contribution in [0.25, 0.3) is 0 Å². The lowest BCUT2D eigenvalue weighted by Gasteiger charge is -2.35. The van der Waals surface area contributed by atoms with E-state index in [1.807, 2.05) is 19.4 Å². The fraction of sp³-hybridized carbons (Fsp3) is 0.571. The molecule has 3 heteroatoms. The van der Waals surface area contributed by atoms with Crippen molar-refractivity contribution in [1.82, 2.24) is 0 Å². The van der Waals surface area contributed by atoms with Gasteiger partial charge in [0.25, 0.3) is 0 Å². The molecule has 1 atom stereocenters. The summed E-state index contributed by atoms with van der Waals surface area (Å²) in [5.74, 6) is 0. The zero-order valence-electron chi connectivity index (χ0n) is 11.4. The van der Waals surface area contributed by atoms with Gasteiger partial charge in [0.15, 0.2) is 0 Å². The van der Waals surface area contributed by atoms with Gasteiger partial charge in [-0.1, -0.05) is 26.0 Å². The highest BCUT2D eigenvalue weighted by Crippen LogP contribution is 2.48. The molecule has 0 amide bonds. The summed E-state index contributed by atoms with van der Waals surface area (Å²) in [6.07, 6.45) is 0.993. The molecule has 0 bridgehead atoms. The largest absolute Gasteiger partial charge is 0.321 e. The predicted octanol–water partition coefficient (Wildman–Crippen LogP) is 2.69. The molecule has 0 saturated heterocycles. The van der Waals surface area contributed by atoms with Gasteiger partial charge in [0.1, 0.15) is 7.14 Å². The molecule has 2 N–H and O–H groups in total. The maximum atomic E-state index is 12.1. The molecule has 1 unspecified atom stereocenters. The van der Waals surface area contributed by atoms with Crippen LogP contribution in [0, 0.1) is 5.41 Å². The fourth-order valence-corrected chi connectivity index (χ4v) is 3.43. The third-order valence-corrected chi connectivity index (χ3v) is 5.83. The number of nitrogens with two attached hydrogens (primary N) is 1. The second-order valence-corrected chi connectivity index (χ2v) is 9.67. The van der Waals surface area contributed by atoms with E-state index in [0.717, 1.165) is 11.7 Å². The van der Waals surface area contributed by atoms with Gasteiger partial charge >= 0.3 is 0 Å². The van der Waals surface area contributed by atoms with E-state index in [9.17, 15) is 4.57 Å². The van der Waals surface area contributed by atoms with Gasteiger partial charge in [-0.15, -0.1) is 0 Å². The average Bonchev–Trinajstić information content (AvgIpc) is 2.32. The van der Waals surface area contributed by atoms with E-state index in [4.69, 9.17) is 5.73 Å². The summed E-state index contributed by atoms with van der Waals surface area (Å²) in [5, 5.41) is 0.936. The van der Waals surface area contributed by atoms with Crippen molar-refractivity contribution in [1.29, 1.82) is 0 Å². The van der Waals surface area contributed by atoms with Crippen LogP contribution >= 0.6 is 7.14 Å². The Hall–Kier alpha value is -0.590. The van der Waals surface area contributed by atoms with Crippen LogP contribution in [0.3, 0.4) is 0 Å². The van der Waals surface area contributed by atoms with E-state index in [0.29, 0.717) is 0 Å². The molecule has 1 aromatic carbocycles. The molecular weight excluding hydrogens is 229 g/mol. The van der Waals surface area contributed by atoms with Crippen LogP contribution in [-0.2, 0) is 16.5 Å². The van der Waals surface area contributed by atoms with Crippen LogP contribution in [0.5, 0.6) is 0 Å². The lowest BCUT2D eigenvalue weighted by molar-refractivity contribution is 0.211. The second kappa shape index (κ2) is 3.46. The third-order valence-electron chi connectivity index (χ3n) is 4.31. The molecule has 0 spiro atoms. The van der Waals surface area contributed by atoms with Crippen LogP contribution < -0.4 is 11.0 Å². The molecule has 0 heterocycles. The summed E-state index contributed by atoms with van der Waals surface area (Å²) >= 11 is 0. The minimum atomic E-state index is -2.20. The number of benzene rings is 1. The SMILES string of the molecule is CC1(C)Cc2ccc(P(C)(C)=O)cc2C1(C)N. The minimum Gasteiger partial charge on any atom is -0.321 e. The van der Waals surface area contributed by atoms with Crippen molar-refractivity contribution < 1.29 is 4.57 Å². The van der Waals surface area contributed by atoms with Crippen molar-refractivity contribution in [2.24, 2.45) is 11.1 Å². The molecule has 17 heavy (non-hydrogen) atoms. The standard InChI is InChI=1S/C14H22NOP/c1-13(2)9-10-6-7-11(17(4,5)16)8-12(10)14(13,3)15/h6-8H,9,15H2,1-5H3. The van der Waals surface area contributed by atoms with Crippen molar-refractivity contribution in [2.45, 2.75) is 32.7 Å². The Morgan fingerprint density at radius 2 is 1.82 bits per heavy atom. The number of rotatable bonds is 1. The summed E-state index contributed by atoms with van der Waals surface area (Å²) < 4.78 is 12.1. The summed E-state index contributed by atoms with van der Waals surface area (Å²) in [6.45, 7) is 10.1.